The van der Waals surface area contributed by atoms with Gasteiger partial charge in [-0.05, 0) is 48.7 Å². The summed E-state index contributed by atoms with van der Waals surface area (Å²) in [5, 5.41) is 3.96. The van der Waals surface area contributed by atoms with Crippen LogP contribution in [0.1, 0.15) is 15.9 Å². The van der Waals surface area contributed by atoms with E-state index in [-0.39, 0.29) is 5.78 Å². The minimum absolute atomic E-state index is 0.228. The molecule has 4 rings (SSSR count). The summed E-state index contributed by atoms with van der Waals surface area (Å²) in [6, 6.07) is 16.6. The van der Waals surface area contributed by atoms with Crippen LogP contribution < -0.4 is 5.32 Å². The van der Waals surface area contributed by atoms with Crippen LogP contribution in [0.25, 0.3) is 5.65 Å². The number of nitrogens with one attached hydrogen (secondary N) is 1. The van der Waals surface area contributed by atoms with Crippen molar-refractivity contribution in [3.63, 3.8) is 0 Å². The molecule has 4 nitrogen and oxygen atoms in total. The van der Waals surface area contributed by atoms with E-state index in [2.05, 4.69) is 22.4 Å². The number of carbonyl (C=O) groups is 1. The van der Waals surface area contributed by atoms with Gasteiger partial charge in [-0.2, -0.15) is 0 Å². The summed E-state index contributed by atoms with van der Waals surface area (Å²) in [5.74, 6) is 0.465. The van der Waals surface area contributed by atoms with Gasteiger partial charge in [0.05, 0.1) is 21.8 Å². The number of halogens is 2. The van der Waals surface area contributed by atoms with E-state index < -0.39 is 0 Å². The smallest absolute Gasteiger partial charge is 0.197 e. The molecular weight excluding hydrogens is 413 g/mol. The summed E-state index contributed by atoms with van der Waals surface area (Å²) in [6.07, 6.45) is 5.60. The van der Waals surface area contributed by atoms with Gasteiger partial charge < -0.3 is 9.72 Å². The van der Waals surface area contributed by atoms with E-state index in [1.54, 1.807) is 52.7 Å². The lowest BCUT2D eigenvalue weighted by molar-refractivity contribution is 0.103. The first-order valence-corrected chi connectivity index (χ1v) is 10.4. The molecule has 140 valence electrons. The lowest BCUT2D eigenvalue weighted by Crippen LogP contribution is -2.04. The number of hydrogen-bond donors (Lipinski definition) is 1. The fraction of sp³-hybridized carbons (Fsp3) is 0.0476. The lowest BCUT2D eigenvalue weighted by Gasteiger charge is -2.06. The van der Waals surface area contributed by atoms with Crippen molar-refractivity contribution in [3.8, 4) is 0 Å². The van der Waals surface area contributed by atoms with Gasteiger partial charge in [0, 0.05) is 22.3 Å². The third-order valence-electron chi connectivity index (χ3n) is 4.25. The number of pyridine rings is 1. The average molecular weight is 428 g/mol. The largest absolute Gasteiger partial charge is 0.339 e. The Morgan fingerprint density at radius 3 is 2.54 bits per heavy atom. The number of benzene rings is 2. The molecule has 1 N–H and O–H groups in total. The van der Waals surface area contributed by atoms with Gasteiger partial charge in [-0.1, -0.05) is 35.3 Å². The second-order valence-electron chi connectivity index (χ2n) is 6.09. The van der Waals surface area contributed by atoms with E-state index >= 15 is 0 Å². The van der Waals surface area contributed by atoms with Crippen molar-refractivity contribution in [3.05, 3.63) is 88.2 Å². The highest BCUT2D eigenvalue weighted by atomic mass is 35.5. The standard InChI is InChI=1S/C21H15Cl2N3OS/c1-28-15-5-2-4-14(10-15)24-18-12-26-11-13(8-9-19(26)25-18)21(27)20-16(22)6-3-7-17(20)23/h2-12,24H,1H3. The number of imidazole rings is 1. The Morgan fingerprint density at radius 1 is 1.04 bits per heavy atom. The van der Waals surface area contributed by atoms with Crippen molar-refractivity contribution in [2.45, 2.75) is 4.90 Å². The number of hydrogen-bond acceptors (Lipinski definition) is 4. The molecule has 0 aliphatic heterocycles. The number of ketones is 1. The van der Waals surface area contributed by atoms with Crippen molar-refractivity contribution in [1.82, 2.24) is 9.38 Å². The van der Waals surface area contributed by atoms with E-state index in [1.807, 2.05) is 24.6 Å². The van der Waals surface area contributed by atoms with Gasteiger partial charge in [0.1, 0.15) is 11.5 Å². The van der Waals surface area contributed by atoms with Crippen molar-refractivity contribution in [2.24, 2.45) is 0 Å². The van der Waals surface area contributed by atoms with Gasteiger partial charge >= 0.3 is 0 Å². The number of thioether (sulfide) groups is 1. The molecule has 0 atom stereocenters. The number of carbonyl (C=O) groups excluding carboxylic acids is 1. The van der Waals surface area contributed by atoms with Crippen molar-refractivity contribution in [2.75, 3.05) is 11.6 Å². The van der Waals surface area contributed by atoms with Crippen LogP contribution in [0.4, 0.5) is 11.5 Å². The van der Waals surface area contributed by atoms with Crippen LogP contribution in [-0.2, 0) is 0 Å². The first kappa shape index (κ1) is 18.9. The minimum atomic E-state index is -0.228. The molecule has 0 amide bonds. The molecule has 0 fully saturated rings. The molecule has 0 saturated heterocycles. The topological polar surface area (TPSA) is 46.4 Å². The fourth-order valence-corrected chi connectivity index (χ4v) is 3.92. The van der Waals surface area contributed by atoms with Crippen LogP contribution in [0, 0.1) is 0 Å². The van der Waals surface area contributed by atoms with Crippen molar-refractivity contribution >= 4 is 57.9 Å². The normalized spacial score (nSPS) is 11.0. The maximum absolute atomic E-state index is 12.9. The SMILES string of the molecule is CSc1cccc(Nc2cn3cc(C(=O)c4c(Cl)cccc4Cl)ccc3n2)c1. The Labute approximate surface area is 176 Å². The molecule has 0 spiro atoms. The average Bonchev–Trinajstić information content (AvgIpc) is 3.09. The summed E-state index contributed by atoms with van der Waals surface area (Å²) in [6.45, 7) is 0. The summed E-state index contributed by atoms with van der Waals surface area (Å²) < 4.78 is 1.80. The van der Waals surface area contributed by atoms with E-state index in [1.165, 1.54) is 4.90 Å². The Bertz CT molecular complexity index is 1170. The molecule has 28 heavy (non-hydrogen) atoms. The number of nitrogens with zero attached hydrogens (tertiary/aromatic N) is 2. The van der Waals surface area contributed by atoms with E-state index in [9.17, 15) is 4.79 Å². The maximum atomic E-state index is 12.9. The molecule has 2 heterocycles. The first-order chi connectivity index (χ1) is 13.5. The van der Waals surface area contributed by atoms with Gasteiger partial charge in [-0.3, -0.25) is 4.79 Å². The fourth-order valence-electron chi connectivity index (χ4n) is 2.89. The second-order valence-corrected chi connectivity index (χ2v) is 7.79. The highest BCUT2D eigenvalue weighted by Gasteiger charge is 2.17. The first-order valence-electron chi connectivity index (χ1n) is 8.44. The predicted molar refractivity (Wildman–Crippen MR) is 117 cm³/mol. The molecule has 0 aliphatic rings. The predicted octanol–water partition coefficient (Wildman–Crippen LogP) is 6.34. The van der Waals surface area contributed by atoms with Crippen LogP contribution in [0.2, 0.25) is 10.0 Å². The zero-order valence-electron chi connectivity index (χ0n) is 14.8. The van der Waals surface area contributed by atoms with E-state index in [4.69, 9.17) is 23.2 Å². The molecule has 2 aromatic heterocycles. The molecule has 4 aromatic rings. The number of rotatable bonds is 5. The lowest BCUT2D eigenvalue weighted by atomic mass is 10.0. The summed E-state index contributed by atoms with van der Waals surface area (Å²) >= 11 is 14.0. The van der Waals surface area contributed by atoms with Crippen LogP contribution in [0.5, 0.6) is 0 Å². The van der Waals surface area contributed by atoms with E-state index in [0.717, 1.165) is 11.3 Å². The van der Waals surface area contributed by atoms with Crippen molar-refractivity contribution in [1.29, 1.82) is 0 Å². The maximum Gasteiger partial charge on any atom is 0.197 e. The molecule has 0 saturated carbocycles. The van der Waals surface area contributed by atoms with Gasteiger partial charge in [0.15, 0.2) is 5.78 Å². The minimum Gasteiger partial charge on any atom is -0.339 e. The van der Waals surface area contributed by atoms with Gasteiger partial charge in [0.25, 0.3) is 0 Å². The van der Waals surface area contributed by atoms with Crippen LogP contribution >= 0.6 is 35.0 Å². The molecule has 0 unspecified atom stereocenters. The monoisotopic (exact) mass is 427 g/mol. The van der Waals surface area contributed by atoms with Gasteiger partial charge in [-0.25, -0.2) is 4.98 Å². The number of anilines is 2. The highest BCUT2D eigenvalue weighted by Crippen LogP contribution is 2.27. The third kappa shape index (κ3) is 3.74. The third-order valence-corrected chi connectivity index (χ3v) is 5.60. The van der Waals surface area contributed by atoms with Gasteiger partial charge in [-0.15, -0.1) is 11.8 Å². The highest BCUT2D eigenvalue weighted by molar-refractivity contribution is 7.98. The Morgan fingerprint density at radius 2 is 1.79 bits per heavy atom. The van der Waals surface area contributed by atoms with E-state index in [0.29, 0.717) is 27.0 Å². The van der Waals surface area contributed by atoms with Crippen LogP contribution in [0.15, 0.2) is 71.9 Å². The Kier molecular flexibility index (Phi) is 5.31. The number of aromatic nitrogens is 2. The molecular formula is C21H15Cl2N3OS. The molecule has 0 aliphatic carbocycles. The molecule has 0 radical (unpaired) electrons. The zero-order chi connectivity index (χ0) is 19.7. The molecule has 0 bridgehead atoms. The van der Waals surface area contributed by atoms with Crippen LogP contribution in [0.3, 0.4) is 0 Å². The summed E-state index contributed by atoms with van der Waals surface area (Å²) in [5.41, 5.74) is 2.47. The van der Waals surface area contributed by atoms with Crippen molar-refractivity contribution < 1.29 is 4.79 Å². The molecule has 7 heteroatoms. The number of fused-ring (bicyclic) bond motifs is 1. The zero-order valence-corrected chi connectivity index (χ0v) is 17.1. The molecule has 2 aromatic carbocycles. The Hall–Kier alpha value is -2.47. The quantitative estimate of drug-likeness (QED) is 0.298. The Balaban J connectivity index is 1.65. The second kappa shape index (κ2) is 7.87. The van der Waals surface area contributed by atoms with Crippen LogP contribution in [-0.4, -0.2) is 21.4 Å². The summed E-state index contributed by atoms with van der Waals surface area (Å²) in [4.78, 5) is 18.6. The van der Waals surface area contributed by atoms with Gasteiger partial charge in [0.2, 0.25) is 0 Å². The summed E-state index contributed by atoms with van der Waals surface area (Å²) in [7, 11) is 0.